The molecule has 0 aliphatic heterocycles. The van der Waals surface area contributed by atoms with Gasteiger partial charge in [0.2, 0.25) is 0 Å². The van der Waals surface area contributed by atoms with Crippen LogP contribution in [0.3, 0.4) is 0 Å². The second-order valence-corrected chi connectivity index (χ2v) is 6.05. The Labute approximate surface area is 134 Å². The molecule has 1 N–H and O–H groups in total. The fourth-order valence-corrected chi connectivity index (χ4v) is 2.91. The number of hydrogen-bond donors (Lipinski definition) is 1. The first-order valence-electron chi connectivity index (χ1n) is 7.12. The second kappa shape index (κ2) is 6.67. The Hall–Kier alpha value is -1.26. The third-order valence-electron chi connectivity index (χ3n) is 3.62. The van der Waals surface area contributed by atoms with Crippen molar-refractivity contribution < 1.29 is 14.3 Å². The first-order valence-corrected chi connectivity index (χ1v) is 7.91. The maximum absolute atomic E-state index is 10.6. The van der Waals surface area contributed by atoms with E-state index in [4.69, 9.17) is 9.15 Å². The Bertz CT molecular complexity index is 631. The van der Waals surface area contributed by atoms with Gasteiger partial charge >= 0.3 is 0 Å². The largest absolute Gasteiger partial charge is 0.492 e. The quantitative estimate of drug-likeness (QED) is 0.837. The van der Waals surface area contributed by atoms with E-state index in [0.29, 0.717) is 6.61 Å². The molecule has 4 heteroatoms. The Morgan fingerprint density at radius 1 is 1.24 bits per heavy atom. The van der Waals surface area contributed by atoms with Crippen molar-refractivity contribution in [1.82, 2.24) is 0 Å². The highest BCUT2D eigenvalue weighted by molar-refractivity contribution is 9.10. The number of ether oxygens (including phenoxy) is 1. The van der Waals surface area contributed by atoms with Gasteiger partial charge in [0.05, 0.1) is 11.1 Å². The maximum atomic E-state index is 10.6. The lowest BCUT2D eigenvalue weighted by atomic mass is 9.98. The van der Waals surface area contributed by atoms with E-state index >= 15 is 0 Å². The molecule has 114 valence electrons. The summed E-state index contributed by atoms with van der Waals surface area (Å²) in [4.78, 5) is 0. The van der Waals surface area contributed by atoms with Crippen molar-refractivity contribution in [2.75, 3.05) is 6.61 Å². The van der Waals surface area contributed by atoms with Gasteiger partial charge in [-0.3, -0.25) is 0 Å². The highest BCUT2D eigenvalue weighted by atomic mass is 79.9. The zero-order chi connectivity index (χ0) is 15.6. The monoisotopic (exact) mass is 352 g/mol. The lowest BCUT2D eigenvalue weighted by molar-refractivity contribution is 0.217. The molecule has 0 saturated heterocycles. The number of aryl methyl sites for hydroxylation is 2. The summed E-state index contributed by atoms with van der Waals surface area (Å²) in [7, 11) is 0. The molecule has 0 radical (unpaired) electrons. The van der Waals surface area contributed by atoms with Crippen LogP contribution in [0.15, 0.2) is 27.1 Å². The van der Waals surface area contributed by atoms with Crippen molar-refractivity contribution in [2.45, 2.75) is 40.2 Å². The number of rotatable bonds is 5. The van der Waals surface area contributed by atoms with Crippen molar-refractivity contribution in [3.8, 4) is 5.75 Å². The van der Waals surface area contributed by atoms with Crippen LogP contribution in [0.25, 0.3) is 0 Å². The maximum Gasteiger partial charge on any atom is 0.133 e. The van der Waals surface area contributed by atoms with Gasteiger partial charge in [-0.05, 0) is 66.4 Å². The SMILES string of the molecule is CCCOc1ccc(C(O)c2c(C)oc(C)c2C)cc1Br. The third kappa shape index (κ3) is 3.33. The summed E-state index contributed by atoms with van der Waals surface area (Å²) in [6.07, 6.45) is 0.266. The molecule has 21 heavy (non-hydrogen) atoms. The lowest BCUT2D eigenvalue weighted by Crippen LogP contribution is -2.03. The number of furan rings is 1. The van der Waals surface area contributed by atoms with Gasteiger partial charge in [-0.25, -0.2) is 0 Å². The minimum atomic E-state index is -0.695. The van der Waals surface area contributed by atoms with Crippen molar-refractivity contribution in [3.05, 3.63) is 50.9 Å². The number of aliphatic hydroxyl groups is 1. The number of hydrogen-bond acceptors (Lipinski definition) is 3. The zero-order valence-corrected chi connectivity index (χ0v) is 14.5. The summed E-state index contributed by atoms with van der Waals surface area (Å²) in [5.74, 6) is 2.41. The van der Waals surface area contributed by atoms with Crippen LogP contribution in [0, 0.1) is 20.8 Å². The molecule has 0 saturated carbocycles. The van der Waals surface area contributed by atoms with Crippen LogP contribution in [0.1, 0.15) is 47.7 Å². The van der Waals surface area contributed by atoms with Crippen LogP contribution in [0.2, 0.25) is 0 Å². The molecule has 0 spiro atoms. The van der Waals surface area contributed by atoms with E-state index in [-0.39, 0.29) is 0 Å². The van der Waals surface area contributed by atoms with Crippen LogP contribution < -0.4 is 4.74 Å². The molecule has 3 nitrogen and oxygen atoms in total. The van der Waals surface area contributed by atoms with Gasteiger partial charge in [0.25, 0.3) is 0 Å². The predicted molar refractivity (Wildman–Crippen MR) is 86.9 cm³/mol. The third-order valence-corrected chi connectivity index (χ3v) is 4.24. The molecular weight excluding hydrogens is 332 g/mol. The van der Waals surface area contributed by atoms with Crippen LogP contribution in [0.5, 0.6) is 5.75 Å². The number of halogens is 1. The average Bonchev–Trinajstić information content (AvgIpc) is 2.70. The van der Waals surface area contributed by atoms with Gasteiger partial charge in [-0.1, -0.05) is 13.0 Å². The van der Waals surface area contributed by atoms with Gasteiger partial charge in [0, 0.05) is 5.56 Å². The molecular formula is C17H21BrO3. The summed E-state index contributed by atoms with van der Waals surface area (Å²) in [5, 5.41) is 10.6. The minimum Gasteiger partial charge on any atom is -0.492 e. The van der Waals surface area contributed by atoms with Gasteiger partial charge in [0.15, 0.2) is 0 Å². The van der Waals surface area contributed by atoms with Crippen molar-refractivity contribution >= 4 is 15.9 Å². The molecule has 0 aliphatic rings. The fourth-order valence-electron chi connectivity index (χ4n) is 2.40. The summed E-state index contributed by atoms with van der Waals surface area (Å²) in [6.45, 7) is 8.51. The highest BCUT2D eigenvalue weighted by Crippen LogP contribution is 2.34. The van der Waals surface area contributed by atoms with Crippen molar-refractivity contribution in [2.24, 2.45) is 0 Å². The molecule has 0 aliphatic carbocycles. The summed E-state index contributed by atoms with van der Waals surface area (Å²) in [6, 6.07) is 5.68. The van der Waals surface area contributed by atoms with E-state index < -0.39 is 6.10 Å². The molecule has 0 bridgehead atoms. The van der Waals surface area contributed by atoms with Gasteiger partial charge in [0.1, 0.15) is 23.4 Å². The van der Waals surface area contributed by atoms with E-state index in [1.165, 1.54) is 0 Å². The molecule has 1 aromatic carbocycles. The van der Waals surface area contributed by atoms with Crippen molar-refractivity contribution in [3.63, 3.8) is 0 Å². The first kappa shape index (κ1) is 16.1. The minimum absolute atomic E-state index is 0.680. The van der Waals surface area contributed by atoms with E-state index in [9.17, 15) is 5.11 Å². The smallest absolute Gasteiger partial charge is 0.133 e. The number of aliphatic hydroxyl groups excluding tert-OH is 1. The Balaban J connectivity index is 2.31. The average molecular weight is 353 g/mol. The van der Waals surface area contributed by atoms with Crippen LogP contribution in [0.4, 0.5) is 0 Å². The van der Waals surface area contributed by atoms with Crippen LogP contribution in [-0.2, 0) is 0 Å². The van der Waals surface area contributed by atoms with Gasteiger partial charge in [-0.15, -0.1) is 0 Å². The standard InChI is InChI=1S/C17H21BrO3/c1-5-8-20-15-7-6-13(9-14(15)18)17(19)16-10(2)11(3)21-12(16)4/h6-7,9,17,19H,5,8H2,1-4H3. The van der Waals surface area contributed by atoms with E-state index in [1.54, 1.807) is 0 Å². The Kier molecular flexibility index (Phi) is 5.12. The van der Waals surface area contributed by atoms with E-state index in [1.807, 2.05) is 39.0 Å². The summed E-state index contributed by atoms with van der Waals surface area (Å²) < 4.78 is 12.1. The topological polar surface area (TPSA) is 42.6 Å². The highest BCUT2D eigenvalue weighted by Gasteiger charge is 2.21. The Morgan fingerprint density at radius 3 is 2.48 bits per heavy atom. The molecule has 2 aromatic rings. The molecule has 1 aromatic heterocycles. The molecule has 1 heterocycles. The normalized spacial score (nSPS) is 12.5. The Morgan fingerprint density at radius 2 is 1.95 bits per heavy atom. The zero-order valence-electron chi connectivity index (χ0n) is 12.9. The molecule has 1 atom stereocenters. The van der Waals surface area contributed by atoms with Gasteiger partial charge < -0.3 is 14.3 Å². The number of benzene rings is 1. The molecule has 2 rings (SSSR count). The fraction of sp³-hybridized carbons (Fsp3) is 0.412. The predicted octanol–water partition coefficient (Wildman–Crippen LogP) is 4.84. The second-order valence-electron chi connectivity index (χ2n) is 5.19. The summed E-state index contributed by atoms with van der Waals surface area (Å²) >= 11 is 3.50. The lowest BCUT2D eigenvalue weighted by Gasteiger charge is -2.14. The van der Waals surface area contributed by atoms with Gasteiger partial charge in [-0.2, -0.15) is 0 Å². The first-order chi connectivity index (χ1) is 9.95. The summed E-state index contributed by atoms with van der Waals surface area (Å²) in [5.41, 5.74) is 2.67. The molecule has 0 fully saturated rings. The van der Waals surface area contributed by atoms with E-state index in [2.05, 4.69) is 22.9 Å². The molecule has 0 amide bonds. The van der Waals surface area contributed by atoms with Crippen LogP contribution >= 0.6 is 15.9 Å². The van der Waals surface area contributed by atoms with Crippen LogP contribution in [-0.4, -0.2) is 11.7 Å². The van der Waals surface area contributed by atoms with Crippen molar-refractivity contribution in [1.29, 1.82) is 0 Å². The molecule has 1 unspecified atom stereocenters. The van der Waals surface area contributed by atoms with E-state index in [0.717, 1.165) is 44.9 Å².